The number of benzene rings is 1. The summed E-state index contributed by atoms with van der Waals surface area (Å²) in [7, 11) is 0. The largest absolute Gasteiger partial charge is 0.488 e. The minimum absolute atomic E-state index is 0.0667. The predicted octanol–water partition coefficient (Wildman–Crippen LogP) is 3.81. The maximum atomic E-state index is 12.7. The highest BCUT2D eigenvalue weighted by molar-refractivity contribution is 6.30. The van der Waals surface area contributed by atoms with E-state index in [0.29, 0.717) is 30.3 Å². The molecule has 0 amide bonds. The highest BCUT2D eigenvalue weighted by atomic mass is 35.5. The van der Waals surface area contributed by atoms with Gasteiger partial charge >= 0.3 is 6.18 Å². The molecule has 0 bridgehead atoms. The Morgan fingerprint density at radius 1 is 1.26 bits per heavy atom. The summed E-state index contributed by atoms with van der Waals surface area (Å²) < 4.78 is 43.9. The van der Waals surface area contributed by atoms with Gasteiger partial charge in [0.05, 0.1) is 6.54 Å². The van der Waals surface area contributed by atoms with Gasteiger partial charge in [-0.2, -0.15) is 13.2 Å². The predicted molar refractivity (Wildman–Crippen MR) is 79.7 cm³/mol. The second-order valence-electron chi connectivity index (χ2n) is 5.17. The zero-order chi connectivity index (χ0) is 16.4. The number of nitrogens with zero attached hydrogens (tertiary/aromatic N) is 3. The van der Waals surface area contributed by atoms with Gasteiger partial charge in [0.2, 0.25) is 5.95 Å². The van der Waals surface area contributed by atoms with E-state index in [1.54, 1.807) is 29.2 Å². The van der Waals surface area contributed by atoms with E-state index >= 15 is 0 Å². The molecule has 1 atom stereocenters. The summed E-state index contributed by atoms with van der Waals surface area (Å²) in [5, 5.41) is 0.568. The number of anilines is 1. The van der Waals surface area contributed by atoms with Crippen LogP contribution in [0.1, 0.15) is 12.1 Å². The summed E-state index contributed by atoms with van der Waals surface area (Å²) in [5.74, 6) is 0.700. The van der Waals surface area contributed by atoms with E-state index in [1.165, 1.54) is 0 Å². The van der Waals surface area contributed by atoms with Crippen LogP contribution in [0.4, 0.5) is 19.1 Å². The quantitative estimate of drug-likeness (QED) is 0.849. The molecule has 122 valence electrons. The van der Waals surface area contributed by atoms with Crippen molar-refractivity contribution in [2.24, 2.45) is 0 Å². The third-order valence-corrected chi connectivity index (χ3v) is 3.70. The maximum absolute atomic E-state index is 12.7. The van der Waals surface area contributed by atoms with Crippen LogP contribution >= 0.6 is 11.6 Å². The molecule has 1 saturated heterocycles. The first-order chi connectivity index (χ1) is 10.9. The molecule has 0 aliphatic carbocycles. The minimum atomic E-state index is -4.48. The van der Waals surface area contributed by atoms with E-state index in [-0.39, 0.29) is 12.1 Å². The summed E-state index contributed by atoms with van der Waals surface area (Å²) in [6.07, 6.45) is -2.83. The summed E-state index contributed by atoms with van der Waals surface area (Å²) >= 11 is 5.90. The van der Waals surface area contributed by atoms with Crippen LogP contribution in [0, 0.1) is 0 Å². The summed E-state index contributed by atoms with van der Waals surface area (Å²) in [5.41, 5.74) is -0.943. The molecule has 3 rings (SSSR count). The van der Waals surface area contributed by atoms with Crippen molar-refractivity contribution in [2.75, 3.05) is 18.0 Å². The van der Waals surface area contributed by atoms with E-state index in [9.17, 15) is 13.2 Å². The van der Waals surface area contributed by atoms with Crippen molar-refractivity contribution in [3.05, 3.63) is 47.2 Å². The first-order valence-corrected chi connectivity index (χ1v) is 7.37. The molecule has 2 heterocycles. The van der Waals surface area contributed by atoms with Gasteiger partial charge in [-0.1, -0.05) is 17.7 Å². The van der Waals surface area contributed by atoms with Crippen molar-refractivity contribution in [1.82, 2.24) is 9.97 Å². The Labute approximate surface area is 135 Å². The summed E-state index contributed by atoms with van der Waals surface area (Å²) in [4.78, 5) is 9.21. The first kappa shape index (κ1) is 15.9. The monoisotopic (exact) mass is 343 g/mol. The van der Waals surface area contributed by atoms with Crippen molar-refractivity contribution >= 4 is 17.5 Å². The van der Waals surface area contributed by atoms with Crippen LogP contribution in [-0.4, -0.2) is 29.2 Å². The fourth-order valence-electron chi connectivity index (χ4n) is 2.40. The molecule has 4 nitrogen and oxygen atoms in total. The van der Waals surface area contributed by atoms with E-state index < -0.39 is 11.9 Å². The molecule has 8 heteroatoms. The van der Waals surface area contributed by atoms with Gasteiger partial charge in [0.25, 0.3) is 0 Å². The van der Waals surface area contributed by atoms with E-state index in [1.807, 2.05) is 0 Å². The molecule has 0 radical (unpaired) electrons. The molecule has 2 aromatic rings. The van der Waals surface area contributed by atoms with E-state index in [0.717, 1.165) is 12.3 Å². The molecule has 1 aliphatic heterocycles. The van der Waals surface area contributed by atoms with Gasteiger partial charge in [0.1, 0.15) is 17.5 Å². The fourth-order valence-corrected chi connectivity index (χ4v) is 2.58. The van der Waals surface area contributed by atoms with Crippen LogP contribution in [0.15, 0.2) is 36.5 Å². The number of aromatic nitrogens is 2. The van der Waals surface area contributed by atoms with Crippen LogP contribution in [0.2, 0.25) is 5.02 Å². The lowest BCUT2D eigenvalue weighted by molar-refractivity contribution is -0.141. The molecule has 1 aliphatic rings. The van der Waals surface area contributed by atoms with Gasteiger partial charge in [-0.25, -0.2) is 9.97 Å². The Hall–Kier alpha value is -2.02. The Morgan fingerprint density at radius 2 is 2.09 bits per heavy atom. The van der Waals surface area contributed by atoms with Crippen molar-refractivity contribution in [3.8, 4) is 5.75 Å². The number of rotatable bonds is 3. The zero-order valence-corrected chi connectivity index (χ0v) is 12.7. The van der Waals surface area contributed by atoms with E-state index in [4.69, 9.17) is 16.3 Å². The number of hydrogen-bond donors (Lipinski definition) is 0. The van der Waals surface area contributed by atoms with Gasteiger partial charge in [-0.05, 0) is 24.3 Å². The fraction of sp³-hybridized carbons (Fsp3) is 0.333. The lowest BCUT2D eigenvalue weighted by atomic mass is 10.3. The van der Waals surface area contributed by atoms with Gasteiger partial charge in [-0.15, -0.1) is 0 Å². The Kier molecular flexibility index (Phi) is 4.30. The van der Waals surface area contributed by atoms with Crippen LogP contribution in [0.3, 0.4) is 0 Å². The highest BCUT2D eigenvalue weighted by Crippen LogP contribution is 2.29. The van der Waals surface area contributed by atoms with Gasteiger partial charge in [0.15, 0.2) is 0 Å². The molecule has 0 spiro atoms. The van der Waals surface area contributed by atoms with Gasteiger partial charge in [0, 0.05) is 24.2 Å². The Balaban J connectivity index is 1.68. The van der Waals surface area contributed by atoms with Crippen molar-refractivity contribution in [3.63, 3.8) is 0 Å². The van der Waals surface area contributed by atoms with Crippen molar-refractivity contribution in [2.45, 2.75) is 18.7 Å². The Bertz CT molecular complexity index is 696. The van der Waals surface area contributed by atoms with Crippen LogP contribution in [0.25, 0.3) is 0 Å². The van der Waals surface area contributed by atoms with Crippen LogP contribution in [-0.2, 0) is 6.18 Å². The average Bonchev–Trinajstić information content (AvgIpc) is 2.95. The highest BCUT2D eigenvalue weighted by Gasteiger charge is 2.34. The second-order valence-corrected chi connectivity index (χ2v) is 5.61. The molecule has 1 aromatic heterocycles. The molecule has 1 aromatic carbocycles. The van der Waals surface area contributed by atoms with Crippen LogP contribution in [0.5, 0.6) is 5.75 Å². The van der Waals surface area contributed by atoms with E-state index in [2.05, 4.69) is 9.97 Å². The van der Waals surface area contributed by atoms with Gasteiger partial charge in [-0.3, -0.25) is 0 Å². The van der Waals surface area contributed by atoms with Crippen LogP contribution < -0.4 is 9.64 Å². The number of alkyl halides is 3. The number of halogens is 4. The topological polar surface area (TPSA) is 38.2 Å². The van der Waals surface area contributed by atoms with Crippen molar-refractivity contribution in [1.29, 1.82) is 0 Å². The third kappa shape index (κ3) is 3.85. The maximum Gasteiger partial charge on any atom is 0.433 e. The average molecular weight is 344 g/mol. The summed E-state index contributed by atoms with van der Waals surface area (Å²) in [6, 6.07) is 7.87. The SMILES string of the molecule is FC(F)(F)c1ccnc(N2CCC(Oc3cccc(Cl)c3)C2)n1. The number of ether oxygens (including phenoxy) is 1. The number of hydrogen-bond acceptors (Lipinski definition) is 4. The molecule has 0 N–H and O–H groups in total. The normalized spacial score (nSPS) is 18.3. The molecular formula is C15H13ClF3N3O. The summed E-state index contributed by atoms with van der Waals surface area (Å²) in [6.45, 7) is 0.959. The zero-order valence-electron chi connectivity index (χ0n) is 11.9. The lowest BCUT2D eigenvalue weighted by Gasteiger charge is -2.18. The molecule has 1 fully saturated rings. The Morgan fingerprint density at radius 3 is 2.83 bits per heavy atom. The first-order valence-electron chi connectivity index (χ1n) is 6.99. The lowest BCUT2D eigenvalue weighted by Crippen LogP contribution is -2.26. The molecule has 0 saturated carbocycles. The smallest absolute Gasteiger partial charge is 0.433 e. The second kappa shape index (κ2) is 6.23. The molecule has 1 unspecified atom stereocenters. The molecular weight excluding hydrogens is 331 g/mol. The molecule has 23 heavy (non-hydrogen) atoms. The van der Waals surface area contributed by atoms with Crippen molar-refractivity contribution < 1.29 is 17.9 Å². The van der Waals surface area contributed by atoms with Gasteiger partial charge < -0.3 is 9.64 Å². The standard InChI is InChI=1S/C15H13ClF3N3O/c16-10-2-1-3-11(8-10)23-12-5-7-22(9-12)14-20-6-4-13(21-14)15(17,18)19/h1-4,6,8,12H,5,7,9H2. The third-order valence-electron chi connectivity index (χ3n) is 3.46. The minimum Gasteiger partial charge on any atom is -0.488 e.